The van der Waals surface area contributed by atoms with Crippen molar-refractivity contribution in [1.82, 2.24) is 0 Å². The minimum absolute atomic E-state index is 0.307. The van der Waals surface area contributed by atoms with Crippen LogP contribution >= 0.6 is 27.5 Å². The summed E-state index contributed by atoms with van der Waals surface area (Å²) in [5.74, 6) is 0.394. The fourth-order valence-corrected chi connectivity index (χ4v) is 2.18. The topological polar surface area (TPSA) is 21.3 Å². The summed E-state index contributed by atoms with van der Waals surface area (Å²) in [6.07, 6.45) is 0. The van der Waals surface area contributed by atoms with Gasteiger partial charge >= 0.3 is 0 Å². The second kappa shape index (κ2) is 6.78. The summed E-state index contributed by atoms with van der Waals surface area (Å²) in [5, 5.41) is 3.29. The molecule has 0 aliphatic heterocycles. The van der Waals surface area contributed by atoms with Crippen molar-refractivity contribution in [3.8, 4) is 5.75 Å². The van der Waals surface area contributed by atoms with Crippen LogP contribution in [-0.2, 0) is 0 Å². The Morgan fingerprint density at radius 1 is 1.21 bits per heavy atom. The first-order valence-electron chi connectivity index (χ1n) is 5.73. The van der Waals surface area contributed by atoms with Crippen molar-refractivity contribution in [2.75, 3.05) is 18.5 Å². The fourth-order valence-electron chi connectivity index (χ4n) is 1.57. The summed E-state index contributed by atoms with van der Waals surface area (Å²) in [4.78, 5) is 0. The van der Waals surface area contributed by atoms with E-state index in [0.717, 1.165) is 10.2 Å². The van der Waals surface area contributed by atoms with Crippen LogP contribution in [0.3, 0.4) is 0 Å². The number of anilines is 1. The normalized spacial score (nSPS) is 10.3. The van der Waals surface area contributed by atoms with E-state index in [0.29, 0.717) is 23.9 Å². The summed E-state index contributed by atoms with van der Waals surface area (Å²) in [5.41, 5.74) is 0.307. The molecule has 0 bridgehead atoms. The second-order valence-corrected chi connectivity index (χ2v) is 5.15. The van der Waals surface area contributed by atoms with Crippen LogP contribution in [0.5, 0.6) is 5.75 Å². The van der Waals surface area contributed by atoms with Gasteiger partial charge in [-0.15, -0.1) is 0 Å². The zero-order chi connectivity index (χ0) is 13.7. The molecule has 0 saturated carbocycles. The van der Waals surface area contributed by atoms with Gasteiger partial charge in [0.15, 0.2) is 0 Å². The van der Waals surface area contributed by atoms with Crippen LogP contribution in [-0.4, -0.2) is 13.2 Å². The van der Waals surface area contributed by atoms with Gasteiger partial charge in [0, 0.05) is 11.0 Å². The molecule has 0 aliphatic carbocycles. The largest absolute Gasteiger partial charge is 0.492 e. The highest BCUT2D eigenvalue weighted by Crippen LogP contribution is 2.24. The van der Waals surface area contributed by atoms with Crippen molar-refractivity contribution >= 4 is 33.2 Å². The minimum Gasteiger partial charge on any atom is -0.492 e. The molecule has 100 valence electrons. The van der Waals surface area contributed by atoms with Crippen molar-refractivity contribution in [3.05, 3.63) is 57.8 Å². The molecule has 0 spiro atoms. The molecule has 0 saturated heterocycles. The van der Waals surface area contributed by atoms with E-state index >= 15 is 0 Å². The van der Waals surface area contributed by atoms with E-state index in [4.69, 9.17) is 16.3 Å². The molecule has 5 heteroatoms. The molecule has 2 nitrogen and oxygen atoms in total. The number of hydrogen-bond donors (Lipinski definition) is 1. The molecule has 2 rings (SSSR count). The highest BCUT2D eigenvalue weighted by Gasteiger charge is 2.05. The summed E-state index contributed by atoms with van der Waals surface area (Å²) >= 11 is 9.26. The molecule has 0 amide bonds. The number of hydrogen-bond acceptors (Lipinski definition) is 2. The maximum absolute atomic E-state index is 13.5. The van der Waals surface area contributed by atoms with Crippen molar-refractivity contribution in [1.29, 1.82) is 0 Å². The van der Waals surface area contributed by atoms with Gasteiger partial charge < -0.3 is 10.1 Å². The molecular weight excluding hydrogens is 333 g/mol. The molecule has 2 aromatic carbocycles. The van der Waals surface area contributed by atoms with Gasteiger partial charge in [-0.1, -0.05) is 39.7 Å². The lowest BCUT2D eigenvalue weighted by atomic mass is 10.3. The van der Waals surface area contributed by atoms with Crippen molar-refractivity contribution in [2.45, 2.75) is 0 Å². The Bertz CT molecular complexity index is 545. The van der Waals surface area contributed by atoms with E-state index in [-0.39, 0.29) is 5.82 Å². The van der Waals surface area contributed by atoms with Gasteiger partial charge in [-0.05, 0) is 30.3 Å². The van der Waals surface area contributed by atoms with E-state index in [9.17, 15) is 4.39 Å². The predicted molar refractivity (Wildman–Crippen MR) is 79.5 cm³/mol. The quantitative estimate of drug-likeness (QED) is 0.792. The average molecular weight is 345 g/mol. The maximum Gasteiger partial charge on any atom is 0.147 e. The summed E-state index contributed by atoms with van der Waals surface area (Å²) in [7, 11) is 0. The van der Waals surface area contributed by atoms with Crippen LogP contribution in [0.4, 0.5) is 10.1 Å². The van der Waals surface area contributed by atoms with Gasteiger partial charge in [-0.25, -0.2) is 4.39 Å². The van der Waals surface area contributed by atoms with Gasteiger partial charge in [0.1, 0.15) is 18.2 Å². The van der Waals surface area contributed by atoms with E-state index in [1.165, 1.54) is 6.07 Å². The van der Waals surface area contributed by atoms with Crippen molar-refractivity contribution in [2.24, 2.45) is 0 Å². The van der Waals surface area contributed by atoms with Gasteiger partial charge in [0.25, 0.3) is 0 Å². The minimum atomic E-state index is -0.366. The van der Waals surface area contributed by atoms with Crippen LogP contribution in [0.25, 0.3) is 0 Å². The lowest BCUT2D eigenvalue weighted by Crippen LogP contribution is -2.12. The lowest BCUT2D eigenvalue weighted by molar-refractivity contribution is 0.332. The molecule has 0 fully saturated rings. The zero-order valence-corrected chi connectivity index (χ0v) is 12.3. The molecule has 0 aliphatic rings. The maximum atomic E-state index is 13.5. The number of ether oxygens (including phenoxy) is 1. The van der Waals surface area contributed by atoms with Crippen LogP contribution < -0.4 is 10.1 Å². The monoisotopic (exact) mass is 343 g/mol. The first-order valence-corrected chi connectivity index (χ1v) is 6.90. The molecule has 19 heavy (non-hydrogen) atoms. The van der Waals surface area contributed by atoms with E-state index in [1.54, 1.807) is 12.1 Å². The van der Waals surface area contributed by atoms with Crippen LogP contribution in [0.1, 0.15) is 0 Å². The van der Waals surface area contributed by atoms with Crippen LogP contribution in [0.2, 0.25) is 5.02 Å². The summed E-state index contributed by atoms with van der Waals surface area (Å²) in [6.45, 7) is 0.883. The van der Waals surface area contributed by atoms with E-state index in [2.05, 4.69) is 21.2 Å². The molecule has 0 atom stereocenters. The molecule has 2 aromatic rings. The highest BCUT2D eigenvalue weighted by molar-refractivity contribution is 9.10. The standard InChI is InChI=1S/C14H12BrClFNO/c15-10-3-1-4-11(9-10)19-8-7-18-14-12(16)5-2-6-13(14)17/h1-6,9,18H,7-8H2. The Labute approximate surface area is 124 Å². The Morgan fingerprint density at radius 2 is 2.00 bits per heavy atom. The third-order valence-electron chi connectivity index (χ3n) is 2.43. The smallest absolute Gasteiger partial charge is 0.147 e. The van der Waals surface area contributed by atoms with Gasteiger partial charge in [-0.3, -0.25) is 0 Å². The molecule has 0 unspecified atom stereocenters. The number of rotatable bonds is 5. The third kappa shape index (κ3) is 4.11. The lowest BCUT2D eigenvalue weighted by Gasteiger charge is -2.10. The molecular formula is C14H12BrClFNO. The van der Waals surface area contributed by atoms with Gasteiger partial charge in [-0.2, -0.15) is 0 Å². The Kier molecular flexibility index (Phi) is 5.05. The first-order chi connectivity index (χ1) is 9.16. The molecule has 1 N–H and O–H groups in total. The average Bonchev–Trinajstić information content (AvgIpc) is 2.37. The van der Waals surface area contributed by atoms with Crippen molar-refractivity contribution < 1.29 is 9.13 Å². The molecule has 0 aromatic heterocycles. The van der Waals surface area contributed by atoms with Crippen LogP contribution in [0.15, 0.2) is 46.9 Å². The van der Waals surface area contributed by atoms with Gasteiger partial charge in [0.2, 0.25) is 0 Å². The van der Waals surface area contributed by atoms with E-state index < -0.39 is 0 Å². The number of halogens is 3. The summed E-state index contributed by atoms with van der Waals surface area (Å²) in [6, 6.07) is 12.1. The highest BCUT2D eigenvalue weighted by atomic mass is 79.9. The Hall–Kier alpha value is -1.26. The predicted octanol–water partition coefficient (Wildman–Crippen LogP) is 4.73. The molecule has 0 radical (unpaired) electrons. The molecule has 0 heterocycles. The third-order valence-corrected chi connectivity index (χ3v) is 3.24. The first kappa shape index (κ1) is 14.2. The second-order valence-electron chi connectivity index (χ2n) is 3.83. The van der Waals surface area contributed by atoms with E-state index in [1.807, 2.05) is 24.3 Å². The Morgan fingerprint density at radius 3 is 2.74 bits per heavy atom. The van der Waals surface area contributed by atoms with Crippen LogP contribution in [0, 0.1) is 5.82 Å². The number of benzene rings is 2. The summed E-state index contributed by atoms with van der Waals surface area (Å²) < 4.78 is 19.9. The SMILES string of the molecule is Fc1cccc(Cl)c1NCCOc1cccc(Br)c1. The Balaban J connectivity index is 1.84. The van der Waals surface area contributed by atoms with Crippen molar-refractivity contribution in [3.63, 3.8) is 0 Å². The number of nitrogens with one attached hydrogen (secondary N) is 1. The zero-order valence-electron chi connectivity index (χ0n) is 10.00. The number of para-hydroxylation sites is 1. The van der Waals surface area contributed by atoms with Gasteiger partial charge in [0.05, 0.1) is 10.7 Å². The fraction of sp³-hybridized carbons (Fsp3) is 0.143.